The number of benzene rings is 2. The number of hydrogen-bond acceptors (Lipinski definition) is 5. The van der Waals surface area contributed by atoms with Gasteiger partial charge in [0.25, 0.3) is 0 Å². The molecule has 1 fully saturated rings. The topological polar surface area (TPSA) is 31.4 Å². The van der Waals surface area contributed by atoms with Crippen LogP contribution < -0.4 is 10.2 Å². The van der Waals surface area contributed by atoms with E-state index in [1.54, 1.807) is 12.1 Å². The maximum Gasteiger partial charge on any atom is 0.183 e. The molecule has 0 atom stereocenters. The first kappa shape index (κ1) is 19.1. The van der Waals surface area contributed by atoms with Gasteiger partial charge in [-0.25, -0.2) is 9.37 Å². The number of nitrogens with zero attached hydrogens (tertiary/aromatic N) is 3. The van der Waals surface area contributed by atoms with Crippen LogP contribution >= 0.6 is 28.3 Å². The number of hydrogen-bond donors (Lipinski definition) is 1. The molecular formula is C19H22BrFN4S. The van der Waals surface area contributed by atoms with Crippen LogP contribution in [0.25, 0.3) is 10.2 Å². The molecule has 0 spiro atoms. The van der Waals surface area contributed by atoms with Crippen LogP contribution in [0.3, 0.4) is 0 Å². The Morgan fingerprint density at radius 1 is 1.04 bits per heavy atom. The number of fused-ring (bicyclic) bond motifs is 1. The molecule has 138 valence electrons. The van der Waals surface area contributed by atoms with Crippen molar-refractivity contribution in [1.29, 1.82) is 0 Å². The number of piperazine rings is 1. The molecule has 0 aliphatic carbocycles. The van der Waals surface area contributed by atoms with Gasteiger partial charge in [0.15, 0.2) is 5.13 Å². The van der Waals surface area contributed by atoms with Gasteiger partial charge in [-0.05, 0) is 30.3 Å². The smallest absolute Gasteiger partial charge is 0.183 e. The van der Waals surface area contributed by atoms with E-state index in [2.05, 4.69) is 50.4 Å². The first-order valence-electron chi connectivity index (χ1n) is 8.60. The molecule has 26 heavy (non-hydrogen) atoms. The lowest BCUT2D eigenvalue weighted by atomic mass is 10.2. The van der Waals surface area contributed by atoms with E-state index in [9.17, 15) is 4.39 Å². The van der Waals surface area contributed by atoms with E-state index < -0.39 is 0 Å². The van der Waals surface area contributed by atoms with E-state index in [4.69, 9.17) is 0 Å². The van der Waals surface area contributed by atoms with Gasteiger partial charge in [0.05, 0.1) is 10.2 Å². The maximum atomic E-state index is 13.2. The van der Waals surface area contributed by atoms with Gasteiger partial charge in [-0.1, -0.05) is 29.5 Å². The largest absolute Gasteiger partial charge is 0.369 e. The van der Waals surface area contributed by atoms with Gasteiger partial charge in [-0.3, -0.25) is 4.90 Å². The lowest BCUT2D eigenvalue weighted by molar-refractivity contribution is 0.267. The molecule has 0 unspecified atom stereocenters. The fourth-order valence-electron chi connectivity index (χ4n) is 3.16. The van der Waals surface area contributed by atoms with Gasteiger partial charge in [0.1, 0.15) is 5.82 Å². The van der Waals surface area contributed by atoms with Gasteiger partial charge in [0, 0.05) is 45.0 Å². The number of aromatic nitrogens is 1. The molecule has 7 heteroatoms. The molecule has 2 aromatic carbocycles. The van der Waals surface area contributed by atoms with Crippen LogP contribution in [0.2, 0.25) is 0 Å². The Morgan fingerprint density at radius 3 is 2.58 bits per heavy atom. The van der Waals surface area contributed by atoms with Crippen LogP contribution in [0.4, 0.5) is 15.2 Å². The molecule has 0 radical (unpaired) electrons. The summed E-state index contributed by atoms with van der Waals surface area (Å²) in [7, 11) is 0. The highest BCUT2D eigenvalue weighted by Crippen LogP contribution is 2.26. The fraction of sp³-hybridized carbons (Fsp3) is 0.316. The zero-order chi connectivity index (χ0) is 17.1. The third-order valence-corrected chi connectivity index (χ3v) is 5.52. The Morgan fingerprint density at radius 2 is 1.81 bits per heavy atom. The zero-order valence-corrected chi connectivity index (χ0v) is 16.9. The summed E-state index contributed by atoms with van der Waals surface area (Å²) in [5, 5.41) is 4.24. The van der Waals surface area contributed by atoms with Crippen molar-refractivity contribution in [3.05, 3.63) is 54.3 Å². The van der Waals surface area contributed by atoms with Crippen molar-refractivity contribution in [3.63, 3.8) is 0 Å². The minimum absolute atomic E-state index is 0. The second kappa shape index (κ2) is 8.79. The van der Waals surface area contributed by atoms with Crippen molar-refractivity contribution in [1.82, 2.24) is 9.88 Å². The van der Waals surface area contributed by atoms with E-state index in [0.29, 0.717) is 0 Å². The lowest BCUT2D eigenvalue weighted by Crippen LogP contribution is -2.47. The summed E-state index contributed by atoms with van der Waals surface area (Å²) in [4.78, 5) is 9.41. The Kier molecular flexibility index (Phi) is 6.45. The molecule has 1 aromatic heterocycles. The molecule has 4 rings (SSSR count). The van der Waals surface area contributed by atoms with Crippen LogP contribution in [-0.2, 0) is 0 Å². The highest BCUT2D eigenvalue weighted by Gasteiger charge is 2.16. The van der Waals surface area contributed by atoms with Gasteiger partial charge < -0.3 is 10.2 Å². The molecule has 2 heterocycles. The third-order valence-electron chi connectivity index (χ3n) is 4.55. The van der Waals surface area contributed by atoms with Crippen LogP contribution in [0.1, 0.15) is 0 Å². The minimum Gasteiger partial charge on any atom is -0.369 e. The van der Waals surface area contributed by atoms with Gasteiger partial charge in [-0.2, -0.15) is 0 Å². The summed E-state index contributed by atoms with van der Waals surface area (Å²) in [6.45, 7) is 6.11. The number of nitrogens with one attached hydrogen (secondary N) is 1. The first-order valence-corrected chi connectivity index (χ1v) is 9.42. The predicted molar refractivity (Wildman–Crippen MR) is 113 cm³/mol. The monoisotopic (exact) mass is 436 g/mol. The summed E-state index contributed by atoms with van der Waals surface area (Å²) in [5.41, 5.74) is 2.16. The molecule has 1 N–H and O–H groups in total. The lowest BCUT2D eigenvalue weighted by Gasteiger charge is -2.36. The standard InChI is InChI=1S/C19H21FN4S.BrH/c20-15-6-7-17-18(14-15)25-19(22-17)21-8-9-23-10-12-24(13-11-23)16-4-2-1-3-5-16;/h1-7,14H,8-13H2,(H,21,22);1H. The summed E-state index contributed by atoms with van der Waals surface area (Å²) in [6, 6.07) is 15.3. The van der Waals surface area contributed by atoms with Crippen molar-refractivity contribution in [2.24, 2.45) is 0 Å². The van der Waals surface area contributed by atoms with Gasteiger partial charge >= 0.3 is 0 Å². The second-order valence-corrected chi connectivity index (χ2v) is 7.25. The summed E-state index contributed by atoms with van der Waals surface area (Å²) in [6.07, 6.45) is 0. The van der Waals surface area contributed by atoms with E-state index in [-0.39, 0.29) is 22.8 Å². The zero-order valence-electron chi connectivity index (χ0n) is 14.4. The number of rotatable bonds is 5. The van der Waals surface area contributed by atoms with Crippen LogP contribution in [0.15, 0.2) is 48.5 Å². The molecular weight excluding hydrogens is 415 g/mol. The molecule has 1 aliphatic heterocycles. The van der Waals surface area contributed by atoms with Crippen molar-refractivity contribution >= 4 is 49.4 Å². The van der Waals surface area contributed by atoms with Gasteiger partial charge in [0.2, 0.25) is 0 Å². The third kappa shape index (κ3) is 4.52. The normalized spacial score (nSPS) is 15.0. The number of anilines is 2. The highest BCUT2D eigenvalue weighted by atomic mass is 79.9. The average molecular weight is 437 g/mol. The maximum absolute atomic E-state index is 13.2. The van der Waals surface area contributed by atoms with E-state index in [1.165, 1.54) is 23.1 Å². The molecule has 3 aromatic rings. The molecule has 0 amide bonds. The SMILES string of the molecule is Br.Fc1ccc2nc(NCCN3CCN(c4ccccc4)CC3)sc2c1. The van der Waals surface area contributed by atoms with Gasteiger partial charge in [-0.15, -0.1) is 17.0 Å². The Bertz CT molecular complexity index is 834. The fourth-order valence-corrected chi connectivity index (χ4v) is 4.08. The molecule has 0 bridgehead atoms. The highest BCUT2D eigenvalue weighted by molar-refractivity contribution is 8.93. The summed E-state index contributed by atoms with van der Waals surface area (Å²) in [5.74, 6) is -0.209. The number of para-hydroxylation sites is 1. The predicted octanol–water partition coefficient (Wildman–Crippen LogP) is 4.25. The molecule has 1 aliphatic rings. The minimum atomic E-state index is -0.209. The van der Waals surface area contributed by atoms with Crippen LogP contribution in [-0.4, -0.2) is 49.2 Å². The van der Waals surface area contributed by atoms with E-state index in [1.807, 2.05) is 0 Å². The van der Waals surface area contributed by atoms with Crippen molar-refractivity contribution in [2.75, 3.05) is 49.5 Å². The summed E-state index contributed by atoms with van der Waals surface area (Å²) >= 11 is 1.51. The Balaban J connectivity index is 0.00000196. The van der Waals surface area contributed by atoms with Crippen LogP contribution in [0, 0.1) is 5.82 Å². The summed E-state index contributed by atoms with van der Waals surface area (Å²) < 4.78 is 14.1. The number of halogens is 2. The van der Waals surface area contributed by atoms with Crippen LogP contribution in [0.5, 0.6) is 0 Å². The second-order valence-electron chi connectivity index (χ2n) is 6.22. The molecule has 1 saturated heterocycles. The van der Waals surface area contributed by atoms with E-state index in [0.717, 1.165) is 54.6 Å². The van der Waals surface area contributed by atoms with E-state index >= 15 is 0 Å². The quantitative estimate of drug-likeness (QED) is 0.647. The Labute approximate surface area is 167 Å². The van der Waals surface area contributed by atoms with Crippen molar-refractivity contribution in [3.8, 4) is 0 Å². The first-order chi connectivity index (χ1) is 12.3. The van der Waals surface area contributed by atoms with Crippen molar-refractivity contribution < 1.29 is 4.39 Å². The molecule has 4 nitrogen and oxygen atoms in total. The number of thiazole rings is 1. The van der Waals surface area contributed by atoms with Crippen molar-refractivity contribution in [2.45, 2.75) is 0 Å². The average Bonchev–Trinajstić information content (AvgIpc) is 3.05. The molecule has 0 saturated carbocycles. The Hall–Kier alpha value is -1.70.